The Kier molecular flexibility index (Phi) is 3.83. The SMILES string of the molecule is Nc1cccc(S(=O)(=O)Oc2cc(C(=O)O)cc(O)c2O)c1. The van der Waals surface area contributed by atoms with Crippen molar-refractivity contribution in [1.29, 1.82) is 0 Å². The van der Waals surface area contributed by atoms with Gasteiger partial charge in [0.2, 0.25) is 5.75 Å². The number of hydrogen-bond donors (Lipinski definition) is 4. The fourth-order valence-electron chi connectivity index (χ4n) is 1.62. The smallest absolute Gasteiger partial charge is 0.339 e. The quantitative estimate of drug-likeness (QED) is 0.372. The number of carbonyl (C=O) groups is 1. The summed E-state index contributed by atoms with van der Waals surface area (Å²) in [4.78, 5) is 10.6. The number of rotatable bonds is 4. The topological polar surface area (TPSA) is 147 Å². The van der Waals surface area contributed by atoms with E-state index < -0.39 is 38.9 Å². The Morgan fingerprint density at radius 3 is 2.41 bits per heavy atom. The maximum Gasteiger partial charge on any atom is 0.339 e. The summed E-state index contributed by atoms with van der Waals surface area (Å²) < 4.78 is 28.8. The zero-order chi connectivity index (χ0) is 16.5. The van der Waals surface area contributed by atoms with Crippen molar-refractivity contribution in [2.75, 3.05) is 5.73 Å². The van der Waals surface area contributed by atoms with Crippen LogP contribution in [0.25, 0.3) is 0 Å². The van der Waals surface area contributed by atoms with E-state index in [4.69, 9.17) is 10.8 Å². The highest BCUT2D eigenvalue weighted by molar-refractivity contribution is 7.87. The lowest BCUT2D eigenvalue weighted by Crippen LogP contribution is -2.11. The average Bonchev–Trinajstić information content (AvgIpc) is 2.43. The molecule has 0 saturated carbocycles. The molecule has 0 aliphatic carbocycles. The highest BCUT2D eigenvalue weighted by Crippen LogP contribution is 2.38. The first-order valence-electron chi connectivity index (χ1n) is 5.80. The minimum atomic E-state index is -4.36. The second-order valence-electron chi connectivity index (χ2n) is 4.26. The van der Waals surface area contributed by atoms with Gasteiger partial charge in [0.15, 0.2) is 11.5 Å². The van der Waals surface area contributed by atoms with Crippen molar-refractivity contribution in [2.45, 2.75) is 4.90 Å². The van der Waals surface area contributed by atoms with Crippen LogP contribution >= 0.6 is 0 Å². The number of phenolic OH excluding ortho intramolecular Hbond substituents is 2. The number of benzene rings is 2. The second-order valence-corrected chi connectivity index (χ2v) is 5.80. The van der Waals surface area contributed by atoms with Crippen LogP contribution in [-0.4, -0.2) is 29.7 Å². The molecule has 8 nitrogen and oxygen atoms in total. The second kappa shape index (κ2) is 5.45. The third-order valence-electron chi connectivity index (χ3n) is 2.65. The number of hydrogen-bond acceptors (Lipinski definition) is 7. The molecule has 0 aromatic heterocycles. The molecule has 0 amide bonds. The minimum absolute atomic E-state index is 0.177. The van der Waals surface area contributed by atoms with Gasteiger partial charge in [-0.3, -0.25) is 0 Å². The first-order chi connectivity index (χ1) is 10.2. The van der Waals surface area contributed by atoms with E-state index in [0.29, 0.717) is 0 Å². The molecule has 0 fully saturated rings. The molecule has 0 saturated heterocycles. The average molecular weight is 325 g/mol. The Morgan fingerprint density at radius 1 is 1.14 bits per heavy atom. The Labute approximate surface area is 125 Å². The fraction of sp³-hybridized carbons (Fsp3) is 0. The highest BCUT2D eigenvalue weighted by atomic mass is 32.2. The van der Waals surface area contributed by atoms with Gasteiger partial charge >= 0.3 is 16.1 Å². The number of nitrogens with two attached hydrogens (primary N) is 1. The summed E-state index contributed by atoms with van der Waals surface area (Å²) >= 11 is 0. The van der Waals surface area contributed by atoms with Crippen LogP contribution in [0.5, 0.6) is 17.2 Å². The number of aromatic carboxylic acids is 1. The van der Waals surface area contributed by atoms with Crippen molar-refractivity contribution >= 4 is 21.8 Å². The lowest BCUT2D eigenvalue weighted by atomic mass is 10.2. The van der Waals surface area contributed by atoms with E-state index >= 15 is 0 Å². The van der Waals surface area contributed by atoms with Gasteiger partial charge in [-0.05, 0) is 24.3 Å². The lowest BCUT2D eigenvalue weighted by Gasteiger charge is -2.10. The molecule has 9 heteroatoms. The Hall–Kier alpha value is -2.94. The molecule has 2 aromatic rings. The molecule has 0 radical (unpaired) electrons. The third-order valence-corrected chi connectivity index (χ3v) is 3.88. The molecular weight excluding hydrogens is 314 g/mol. The van der Waals surface area contributed by atoms with Gasteiger partial charge in [0.1, 0.15) is 4.90 Å². The maximum absolute atomic E-state index is 12.1. The predicted octanol–water partition coefficient (Wildman–Crippen LogP) is 1.15. The van der Waals surface area contributed by atoms with Crippen molar-refractivity contribution in [3.05, 3.63) is 42.0 Å². The van der Waals surface area contributed by atoms with Gasteiger partial charge in [0, 0.05) is 11.8 Å². The highest BCUT2D eigenvalue weighted by Gasteiger charge is 2.22. The van der Waals surface area contributed by atoms with Gasteiger partial charge in [0.25, 0.3) is 0 Å². The molecule has 0 heterocycles. The lowest BCUT2D eigenvalue weighted by molar-refractivity contribution is 0.0696. The number of aromatic hydroxyl groups is 2. The van der Waals surface area contributed by atoms with Gasteiger partial charge < -0.3 is 25.2 Å². The van der Waals surface area contributed by atoms with Crippen molar-refractivity contribution in [1.82, 2.24) is 0 Å². The van der Waals surface area contributed by atoms with Crippen molar-refractivity contribution < 1.29 is 32.7 Å². The monoisotopic (exact) mass is 325 g/mol. The summed E-state index contributed by atoms with van der Waals surface area (Å²) in [5.74, 6) is -3.85. The van der Waals surface area contributed by atoms with E-state index in [1.54, 1.807) is 0 Å². The van der Waals surface area contributed by atoms with Crippen molar-refractivity contribution in [2.24, 2.45) is 0 Å². The Morgan fingerprint density at radius 2 is 1.82 bits per heavy atom. The molecule has 2 aromatic carbocycles. The molecular formula is C13H11NO7S. The van der Waals surface area contributed by atoms with Crippen LogP contribution in [0.3, 0.4) is 0 Å². The van der Waals surface area contributed by atoms with Crippen molar-refractivity contribution in [3.63, 3.8) is 0 Å². The Bertz CT molecular complexity index is 845. The van der Waals surface area contributed by atoms with Gasteiger partial charge in [-0.15, -0.1) is 0 Å². The number of carboxylic acid groups (broad SMARTS) is 1. The summed E-state index contributed by atoms with van der Waals surface area (Å²) in [6.07, 6.45) is 0. The van der Waals surface area contributed by atoms with E-state index in [0.717, 1.165) is 18.2 Å². The first-order valence-corrected chi connectivity index (χ1v) is 7.21. The van der Waals surface area contributed by atoms with E-state index in [1.165, 1.54) is 18.2 Å². The molecule has 0 spiro atoms. The standard InChI is InChI=1S/C13H11NO7S/c14-8-2-1-3-9(6-8)22(19,20)21-11-5-7(13(17)18)4-10(15)12(11)16/h1-6,15-16H,14H2,(H,17,18). The summed E-state index contributed by atoms with van der Waals surface area (Å²) in [6.45, 7) is 0. The van der Waals surface area contributed by atoms with Crippen LogP contribution < -0.4 is 9.92 Å². The van der Waals surface area contributed by atoms with Crippen LogP contribution in [0.1, 0.15) is 10.4 Å². The van der Waals surface area contributed by atoms with Gasteiger partial charge in [-0.25, -0.2) is 4.79 Å². The molecule has 0 bridgehead atoms. The number of nitrogen functional groups attached to an aromatic ring is 1. The van der Waals surface area contributed by atoms with Crippen LogP contribution in [0.2, 0.25) is 0 Å². The number of carboxylic acids is 1. The number of anilines is 1. The summed E-state index contributed by atoms with van der Waals surface area (Å²) in [5, 5.41) is 27.9. The fourth-order valence-corrected chi connectivity index (χ4v) is 2.60. The molecule has 22 heavy (non-hydrogen) atoms. The van der Waals surface area contributed by atoms with Gasteiger partial charge in [-0.2, -0.15) is 8.42 Å². The number of phenols is 2. The molecule has 116 valence electrons. The molecule has 2 rings (SSSR count). The Balaban J connectivity index is 2.48. The van der Waals surface area contributed by atoms with Crippen LogP contribution in [0, 0.1) is 0 Å². The molecule has 0 aliphatic rings. The largest absolute Gasteiger partial charge is 0.504 e. The van der Waals surface area contributed by atoms with Crippen LogP contribution in [-0.2, 0) is 10.1 Å². The maximum atomic E-state index is 12.1. The third kappa shape index (κ3) is 3.04. The summed E-state index contributed by atoms with van der Waals surface area (Å²) in [6, 6.07) is 6.74. The zero-order valence-electron chi connectivity index (χ0n) is 10.9. The minimum Gasteiger partial charge on any atom is -0.504 e. The van der Waals surface area contributed by atoms with E-state index in [9.17, 15) is 23.4 Å². The van der Waals surface area contributed by atoms with E-state index in [1.807, 2.05) is 0 Å². The molecule has 0 aliphatic heterocycles. The normalized spacial score (nSPS) is 11.1. The van der Waals surface area contributed by atoms with E-state index in [2.05, 4.69) is 4.18 Å². The van der Waals surface area contributed by atoms with Crippen molar-refractivity contribution in [3.8, 4) is 17.2 Å². The predicted molar refractivity (Wildman–Crippen MR) is 75.4 cm³/mol. The molecule has 0 unspecified atom stereocenters. The molecule has 5 N–H and O–H groups in total. The van der Waals surface area contributed by atoms with Gasteiger partial charge in [0.05, 0.1) is 5.56 Å². The van der Waals surface area contributed by atoms with Crippen LogP contribution in [0.15, 0.2) is 41.3 Å². The molecule has 0 atom stereocenters. The van der Waals surface area contributed by atoms with E-state index in [-0.39, 0.29) is 10.6 Å². The van der Waals surface area contributed by atoms with Crippen LogP contribution in [0.4, 0.5) is 5.69 Å². The first kappa shape index (κ1) is 15.4. The summed E-state index contributed by atoms with van der Waals surface area (Å²) in [7, 11) is -4.36. The summed E-state index contributed by atoms with van der Waals surface area (Å²) in [5.41, 5.74) is 5.21. The zero-order valence-corrected chi connectivity index (χ0v) is 11.7. The van der Waals surface area contributed by atoms with Gasteiger partial charge in [-0.1, -0.05) is 6.07 Å².